The van der Waals surface area contributed by atoms with Crippen LogP contribution in [0.2, 0.25) is 0 Å². The number of methoxy groups -OCH3 is 1. The molecule has 1 N–H and O–H groups in total. The van der Waals surface area contributed by atoms with E-state index in [2.05, 4.69) is 15.5 Å². The van der Waals surface area contributed by atoms with Gasteiger partial charge in [-0.05, 0) is 0 Å². The largest absolute Gasteiger partial charge is 0.383 e. The van der Waals surface area contributed by atoms with E-state index in [1.165, 1.54) is 0 Å². The predicted octanol–water partition coefficient (Wildman–Crippen LogP) is 1.94. The summed E-state index contributed by atoms with van der Waals surface area (Å²) in [5, 5.41) is 13.6. The van der Waals surface area contributed by atoms with Crippen molar-refractivity contribution in [1.29, 1.82) is 0 Å². The third kappa shape index (κ3) is 3.59. The molecule has 0 saturated heterocycles. The van der Waals surface area contributed by atoms with Gasteiger partial charge in [-0.3, -0.25) is 0 Å². The number of hydrogen-bond acceptors (Lipinski definition) is 5. The van der Waals surface area contributed by atoms with Crippen molar-refractivity contribution < 1.29 is 4.74 Å². The van der Waals surface area contributed by atoms with Gasteiger partial charge in [0.25, 0.3) is 0 Å². The standard InChI is InChI=1S/C12H15N3OS/c1-16-8-7-13-9-11-14-15-12(17-11)10-5-3-2-4-6-10/h2-6,13H,7-9H2,1H3. The minimum atomic E-state index is 0.713. The summed E-state index contributed by atoms with van der Waals surface area (Å²) >= 11 is 1.62. The highest BCUT2D eigenvalue weighted by Crippen LogP contribution is 2.22. The fourth-order valence-electron chi connectivity index (χ4n) is 1.39. The number of aromatic nitrogens is 2. The summed E-state index contributed by atoms with van der Waals surface area (Å²) < 4.78 is 4.96. The van der Waals surface area contributed by atoms with E-state index in [4.69, 9.17) is 4.74 Å². The highest BCUT2D eigenvalue weighted by molar-refractivity contribution is 7.14. The van der Waals surface area contributed by atoms with Gasteiger partial charge in [0.05, 0.1) is 6.61 Å². The Labute approximate surface area is 105 Å². The first-order valence-corrected chi connectivity index (χ1v) is 6.29. The average molecular weight is 249 g/mol. The van der Waals surface area contributed by atoms with Crippen LogP contribution < -0.4 is 5.32 Å². The van der Waals surface area contributed by atoms with Crippen molar-refractivity contribution in [3.63, 3.8) is 0 Å². The number of nitrogens with zero attached hydrogens (tertiary/aromatic N) is 2. The number of ether oxygens (including phenoxy) is 1. The van der Waals surface area contributed by atoms with Crippen LogP contribution in [-0.2, 0) is 11.3 Å². The summed E-state index contributed by atoms with van der Waals surface area (Å²) in [6.45, 7) is 2.29. The molecular formula is C12H15N3OS. The van der Waals surface area contributed by atoms with E-state index < -0.39 is 0 Å². The summed E-state index contributed by atoms with van der Waals surface area (Å²) in [5.74, 6) is 0. The molecular weight excluding hydrogens is 234 g/mol. The van der Waals surface area contributed by atoms with Crippen molar-refractivity contribution >= 4 is 11.3 Å². The highest BCUT2D eigenvalue weighted by Gasteiger charge is 2.05. The van der Waals surface area contributed by atoms with Gasteiger partial charge in [0.2, 0.25) is 0 Å². The van der Waals surface area contributed by atoms with Gasteiger partial charge in [-0.2, -0.15) is 0 Å². The van der Waals surface area contributed by atoms with Crippen LogP contribution in [0.15, 0.2) is 30.3 Å². The molecule has 2 aromatic rings. The zero-order chi connectivity index (χ0) is 11.9. The molecule has 0 aliphatic heterocycles. The lowest BCUT2D eigenvalue weighted by molar-refractivity contribution is 0.199. The number of nitrogens with one attached hydrogen (secondary N) is 1. The van der Waals surface area contributed by atoms with Gasteiger partial charge in [-0.25, -0.2) is 0 Å². The van der Waals surface area contributed by atoms with E-state index in [1.807, 2.05) is 30.3 Å². The van der Waals surface area contributed by atoms with Crippen LogP contribution >= 0.6 is 11.3 Å². The second kappa shape index (κ2) is 6.44. The first-order chi connectivity index (χ1) is 8.40. The first-order valence-electron chi connectivity index (χ1n) is 5.47. The fourth-order valence-corrected chi connectivity index (χ4v) is 2.21. The molecule has 0 amide bonds. The van der Waals surface area contributed by atoms with Gasteiger partial charge in [0.1, 0.15) is 10.0 Å². The molecule has 1 heterocycles. The van der Waals surface area contributed by atoms with Crippen LogP contribution in [0.1, 0.15) is 5.01 Å². The van der Waals surface area contributed by atoms with Gasteiger partial charge in [0, 0.05) is 25.8 Å². The Hall–Kier alpha value is -1.30. The van der Waals surface area contributed by atoms with Crippen molar-refractivity contribution in [3.8, 4) is 10.6 Å². The summed E-state index contributed by atoms with van der Waals surface area (Å²) in [5.41, 5.74) is 1.12. The molecule has 0 atom stereocenters. The van der Waals surface area contributed by atoms with Crippen LogP contribution in [0.25, 0.3) is 10.6 Å². The Bertz CT molecular complexity index is 444. The molecule has 0 unspecified atom stereocenters. The van der Waals surface area contributed by atoms with Gasteiger partial charge >= 0.3 is 0 Å². The lowest BCUT2D eigenvalue weighted by Crippen LogP contribution is -2.18. The molecule has 4 nitrogen and oxygen atoms in total. The number of rotatable bonds is 6. The van der Waals surface area contributed by atoms with Gasteiger partial charge in [-0.15, -0.1) is 10.2 Å². The van der Waals surface area contributed by atoms with Crippen LogP contribution in [0.5, 0.6) is 0 Å². The number of benzene rings is 1. The molecule has 0 aliphatic carbocycles. The minimum absolute atomic E-state index is 0.713. The highest BCUT2D eigenvalue weighted by atomic mass is 32.1. The Morgan fingerprint density at radius 1 is 1.24 bits per heavy atom. The molecule has 17 heavy (non-hydrogen) atoms. The summed E-state index contributed by atoms with van der Waals surface area (Å²) in [7, 11) is 1.69. The van der Waals surface area contributed by atoms with Crippen molar-refractivity contribution in [2.24, 2.45) is 0 Å². The quantitative estimate of drug-likeness (QED) is 0.795. The molecule has 0 radical (unpaired) electrons. The van der Waals surface area contributed by atoms with Crippen molar-refractivity contribution in [2.45, 2.75) is 6.54 Å². The molecule has 0 spiro atoms. The molecule has 0 fully saturated rings. The summed E-state index contributed by atoms with van der Waals surface area (Å²) in [4.78, 5) is 0. The van der Waals surface area contributed by atoms with E-state index >= 15 is 0 Å². The van der Waals surface area contributed by atoms with Crippen LogP contribution in [0.3, 0.4) is 0 Å². The Balaban J connectivity index is 1.92. The van der Waals surface area contributed by atoms with Crippen molar-refractivity contribution in [3.05, 3.63) is 35.3 Å². The lowest BCUT2D eigenvalue weighted by atomic mass is 10.2. The molecule has 5 heteroatoms. The van der Waals surface area contributed by atoms with E-state index in [0.29, 0.717) is 6.61 Å². The Kier molecular flexibility index (Phi) is 4.61. The van der Waals surface area contributed by atoms with E-state index in [0.717, 1.165) is 28.7 Å². The molecule has 1 aromatic carbocycles. The maximum atomic E-state index is 4.96. The second-order valence-corrected chi connectivity index (χ2v) is 4.60. The molecule has 90 valence electrons. The van der Waals surface area contributed by atoms with Gasteiger partial charge in [0.15, 0.2) is 0 Å². The summed E-state index contributed by atoms with van der Waals surface area (Å²) in [6.07, 6.45) is 0. The van der Waals surface area contributed by atoms with E-state index in [1.54, 1.807) is 18.4 Å². The molecule has 0 saturated carbocycles. The van der Waals surface area contributed by atoms with Crippen LogP contribution in [0.4, 0.5) is 0 Å². The van der Waals surface area contributed by atoms with Crippen LogP contribution in [-0.4, -0.2) is 30.5 Å². The topological polar surface area (TPSA) is 47.0 Å². The molecule has 2 rings (SSSR count). The SMILES string of the molecule is COCCNCc1nnc(-c2ccccc2)s1. The predicted molar refractivity (Wildman–Crippen MR) is 68.9 cm³/mol. The average Bonchev–Trinajstić information content (AvgIpc) is 2.85. The van der Waals surface area contributed by atoms with E-state index in [9.17, 15) is 0 Å². The first kappa shape index (κ1) is 12.2. The number of hydrogen-bond donors (Lipinski definition) is 1. The Morgan fingerprint density at radius 3 is 2.82 bits per heavy atom. The molecule has 1 aromatic heterocycles. The maximum Gasteiger partial charge on any atom is 0.147 e. The van der Waals surface area contributed by atoms with Gasteiger partial charge < -0.3 is 10.1 Å². The zero-order valence-electron chi connectivity index (χ0n) is 9.72. The third-order valence-corrected chi connectivity index (χ3v) is 3.22. The van der Waals surface area contributed by atoms with Crippen molar-refractivity contribution in [2.75, 3.05) is 20.3 Å². The summed E-state index contributed by atoms with van der Waals surface area (Å²) in [6, 6.07) is 10.1. The van der Waals surface area contributed by atoms with E-state index in [-0.39, 0.29) is 0 Å². The fraction of sp³-hybridized carbons (Fsp3) is 0.333. The Morgan fingerprint density at radius 2 is 2.06 bits per heavy atom. The minimum Gasteiger partial charge on any atom is -0.383 e. The van der Waals surface area contributed by atoms with Crippen molar-refractivity contribution in [1.82, 2.24) is 15.5 Å². The van der Waals surface area contributed by atoms with Gasteiger partial charge in [-0.1, -0.05) is 41.7 Å². The molecule has 0 bridgehead atoms. The third-order valence-electron chi connectivity index (χ3n) is 2.25. The second-order valence-electron chi connectivity index (χ2n) is 3.54. The smallest absolute Gasteiger partial charge is 0.147 e. The molecule has 0 aliphatic rings. The zero-order valence-corrected chi connectivity index (χ0v) is 10.5. The lowest BCUT2D eigenvalue weighted by Gasteiger charge is -1.99. The normalized spacial score (nSPS) is 10.6. The maximum absolute atomic E-state index is 4.96. The monoisotopic (exact) mass is 249 g/mol. The van der Waals surface area contributed by atoms with Crippen LogP contribution in [0, 0.1) is 0 Å².